The number of likely N-dealkylation sites (N-methyl/N-ethyl adjacent to an activating group) is 1. The van der Waals surface area contributed by atoms with Crippen LogP contribution in [-0.4, -0.2) is 62.3 Å². The Morgan fingerprint density at radius 1 is 1.26 bits per heavy atom. The Bertz CT molecular complexity index is 342. The Labute approximate surface area is 114 Å². The second kappa shape index (κ2) is 6.34. The first-order valence-electron chi connectivity index (χ1n) is 6.51. The first-order valence-corrected chi connectivity index (χ1v) is 6.51. The van der Waals surface area contributed by atoms with E-state index < -0.39 is 23.2 Å². The molecule has 1 rings (SSSR count). The Morgan fingerprint density at radius 2 is 1.89 bits per heavy atom. The van der Waals surface area contributed by atoms with Gasteiger partial charge in [-0.1, -0.05) is 13.8 Å². The summed E-state index contributed by atoms with van der Waals surface area (Å²) in [6.07, 6.45) is 0. The van der Waals surface area contributed by atoms with Gasteiger partial charge in [-0.25, -0.2) is 0 Å². The van der Waals surface area contributed by atoms with Crippen LogP contribution in [0.2, 0.25) is 0 Å². The number of nitrogens with one attached hydrogen (secondary N) is 1. The summed E-state index contributed by atoms with van der Waals surface area (Å²) in [4.78, 5) is 24.8. The lowest BCUT2D eigenvalue weighted by Crippen LogP contribution is -2.31. The molecule has 1 saturated carbocycles. The van der Waals surface area contributed by atoms with E-state index in [1.165, 1.54) is 0 Å². The SMILES string of the molecule is CN(C)CCOCCNC(=O)[C@H]1[C@@H](C(=O)O)C1(C)C. The van der Waals surface area contributed by atoms with Gasteiger partial charge in [-0.05, 0) is 19.5 Å². The summed E-state index contributed by atoms with van der Waals surface area (Å²) in [6, 6.07) is 0. The highest BCUT2D eigenvalue weighted by Gasteiger charge is 2.65. The van der Waals surface area contributed by atoms with Crippen molar-refractivity contribution in [2.45, 2.75) is 13.8 Å². The fraction of sp³-hybridized carbons (Fsp3) is 0.846. The van der Waals surface area contributed by atoms with Crippen molar-refractivity contribution in [3.05, 3.63) is 0 Å². The molecule has 0 aromatic rings. The number of carboxylic acid groups (broad SMARTS) is 1. The summed E-state index contributed by atoms with van der Waals surface area (Å²) >= 11 is 0. The molecule has 0 saturated heterocycles. The number of hydrogen-bond acceptors (Lipinski definition) is 4. The van der Waals surface area contributed by atoms with Gasteiger partial charge in [0, 0.05) is 13.1 Å². The molecule has 0 aromatic carbocycles. The Hall–Kier alpha value is -1.14. The summed E-state index contributed by atoms with van der Waals surface area (Å²) in [5.41, 5.74) is -0.443. The van der Waals surface area contributed by atoms with Gasteiger partial charge in [0.25, 0.3) is 0 Å². The van der Waals surface area contributed by atoms with Crippen LogP contribution >= 0.6 is 0 Å². The van der Waals surface area contributed by atoms with Crippen LogP contribution in [-0.2, 0) is 14.3 Å². The predicted octanol–water partition coefficient (Wildman–Crippen LogP) is 0.0376. The summed E-state index contributed by atoms with van der Waals surface area (Å²) in [6.45, 7) is 5.95. The molecule has 1 amide bonds. The number of carbonyl (C=O) groups excluding carboxylic acids is 1. The second-order valence-corrected chi connectivity index (χ2v) is 5.82. The fourth-order valence-electron chi connectivity index (χ4n) is 2.29. The molecule has 19 heavy (non-hydrogen) atoms. The number of nitrogens with zero attached hydrogens (tertiary/aromatic N) is 1. The van der Waals surface area contributed by atoms with Crippen molar-refractivity contribution >= 4 is 11.9 Å². The van der Waals surface area contributed by atoms with Crippen LogP contribution in [0.5, 0.6) is 0 Å². The van der Waals surface area contributed by atoms with Crippen LogP contribution in [0.15, 0.2) is 0 Å². The van der Waals surface area contributed by atoms with E-state index >= 15 is 0 Å². The summed E-state index contributed by atoms with van der Waals surface area (Å²) in [5.74, 6) is -2.07. The summed E-state index contributed by atoms with van der Waals surface area (Å²) in [5, 5.41) is 11.7. The molecular formula is C13H24N2O4. The fourth-order valence-corrected chi connectivity index (χ4v) is 2.29. The third-order valence-electron chi connectivity index (χ3n) is 3.60. The summed E-state index contributed by atoms with van der Waals surface area (Å²) in [7, 11) is 3.93. The number of hydrogen-bond donors (Lipinski definition) is 2. The molecule has 0 spiro atoms. The van der Waals surface area contributed by atoms with Gasteiger partial charge < -0.3 is 20.1 Å². The number of carboxylic acids is 1. The van der Waals surface area contributed by atoms with Crippen molar-refractivity contribution in [3.8, 4) is 0 Å². The molecule has 0 unspecified atom stereocenters. The standard InChI is InChI=1S/C13H24N2O4/c1-13(2)9(10(13)12(17)18)11(16)14-5-7-19-8-6-15(3)4/h9-10H,5-8H2,1-4H3,(H,14,16)(H,17,18)/t9-,10+/m1/s1. The smallest absolute Gasteiger partial charge is 0.307 e. The lowest BCUT2D eigenvalue weighted by atomic mass is 10.1. The van der Waals surface area contributed by atoms with E-state index in [9.17, 15) is 9.59 Å². The third kappa shape index (κ3) is 4.18. The molecule has 6 heteroatoms. The molecule has 1 aliphatic carbocycles. The zero-order valence-corrected chi connectivity index (χ0v) is 12.1. The van der Waals surface area contributed by atoms with E-state index in [0.29, 0.717) is 19.8 Å². The summed E-state index contributed by atoms with van der Waals surface area (Å²) < 4.78 is 5.35. The minimum absolute atomic E-state index is 0.186. The van der Waals surface area contributed by atoms with Crippen LogP contribution in [0.4, 0.5) is 0 Å². The molecule has 2 atom stereocenters. The van der Waals surface area contributed by atoms with Crippen molar-refractivity contribution in [1.29, 1.82) is 0 Å². The lowest BCUT2D eigenvalue weighted by Gasteiger charge is -2.10. The molecule has 0 aromatic heterocycles. The van der Waals surface area contributed by atoms with Gasteiger partial charge in [-0.3, -0.25) is 9.59 Å². The largest absolute Gasteiger partial charge is 0.481 e. The van der Waals surface area contributed by atoms with Crippen LogP contribution in [0.1, 0.15) is 13.8 Å². The van der Waals surface area contributed by atoms with Crippen molar-refractivity contribution in [2.24, 2.45) is 17.3 Å². The highest BCUT2D eigenvalue weighted by molar-refractivity contribution is 5.91. The maximum absolute atomic E-state index is 11.8. The molecule has 0 radical (unpaired) electrons. The molecule has 0 bridgehead atoms. The quantitative estimate of drug-likeness (QED) is 0.610. The Kier molecular flexibility index (Phi) is 5.31. The molecular weight excluding hydrogens is 248 g/mol. The normalized spacial score (nSPS) is 24.3. The molecule has 1 fully saturated rings. The van der Waals surface area contributed by atoms with Crippen LogP contribution in [0.3, 0.4) is 0 Å². The molecule has 1 aliphatic rings. The predicted molar refractivity (Wildman–Crippen MR) is 70.8 cm³/mol. The molecule has 0 heterocycles. The van der Waals surface area contributed by atoms with E-state index in [2.05, 4.69) is 5.32 Å². The van der Waals surface area contributed by atoms with E-state index in [0.717, 1.165) is 6.54 Å². The highest BCUT2D eigenvalue weighted by atomic mass is 16.5. The maximum atomic E-state index is 11.8. The van der Waals surface area contributed by atoms with Crippen molar-refractivity contribution < 1.29 is 19.4 Å². The lowest BCUT2D eigenvalue weighted by molar-refractivity contribution is -0.140. The van der Waals surface area contributed by atoms with Crippen LogP contribution < -0.4 is 5.32 Å². The van der Waals surface area contributed by atoms with Crippen LogP contribution in [0, 0.1) is 17.3 Å². The minimum atomic E-state index is -0.896. The third-order valence-corrected chi connectivity index (χ3v) is 3.60. The van der Waals surface area contributed by atoms with Crippen LogP contribution in [0.25, 0.3) is 0 Å². The van der Waals surface area contributed by atoms with Gasteiger partial charge in [0.2, 0.25) is 5.91 Å². The first kappa shape index (κ1) is 15.9. The monoisotopic (exact) mass is 272 g/mol. The number of ether oxygens (including phenoxy) is 1. The topological polar surface area (TPSA) is 78.9 Å². The molecule has 6 nitrogen and oxygen atoms in total. The van der Waals surface area contributed by atoms with Crippen molar-refractivity contribution in [2.75, 3.05) is 40.4 Å². The average molecular weight is 272 g/mol. The average Bonchev–Trinajstić information content (AvgIpc) is 2.86. The van der Waals surface area contributed by atoms with E-state index in [4.69, 9.17) is 9.84 Å². The van der Waals surface area contributed by atoms with E-state index in [-0.39, 0.29) is 5.91 Å². The zero-order chi connectivity index (χ0) is 14.6. The molecule has 0 aliphatic heterocycles. The molecule has 110 valence electrons. The second-order valence-electron chi connectivity index (χ2n) is 5.82. The maximum Gasteiger partial charge on any atom is 0.307 e. The van der Waals surface area contributed by atoms with Gasteiger partial charge in [-0.15, -0.1) is 0 Å². The van der Waals surface area contributed by atoms with E-state index in [1.807, 2.05) is 32.8 Å². The number of carbonyl (C=O) groups is 2. The van der Waals surface area contributed by atoms with Gasteiger partial charge in [0.15, 0.2) is 0 Å². The van der Waals surface area contributed by atoms with E-state index in [1.54, 1.807) is 0 Å². The highest BCUT2D eigenvalue weighted by Crippen LogP contribution is 2.58. The number of aliphatic carboxylic acids is 1. The van der Waals surface area contributed by atoms with Gasteiger partial charge in [0.1, 0.15) is 0 Å². The van der Waals surface area contributed by atoms with Crippen molar-refractivity contribution in [3.63, 3.8) is 0 Å². The van der Waals surface area contributed by atoms with Crippen molar-refractivity contribution in [1.82, 2.24) is 10.2 Å². The zero-order valence-electron chi connectivity index (χ0n) is 12.1. The van der Waals surface area contributed by atoms with Gasteiger partial charge >= 0.3 is 5.97 Å². The van der Waals surface area contributed by atoms with Gasteiger partial charge in [-0.2, -0.15) is 0 Å². The minimum Gasteiger partial charge on any atom is -0.481 e. The molecule has 2 N–H and O–H groups in total. The van der Waals surface area contributed by atoms with Gasteiger partial charge in [0.05, 0.1) is 25.0 Å². The first-order chi connectivity index (χ1) is 8.78. The number of amides is 1. The Morgan fingerprint density at radius 3 is 2.37 bits per heavy atom. The Balaban J connectivity index is 2.18. The number of rotatable bonds is 8.